The second kappa shape index (κ2) is 5.81. The summed E-state index contributed by atoms with van der Waals surface area (Å²) in [6.45, 7) is 1.40. The Morgan fingerprint density at radius 2 is 2.00 bits per heavy atom. The summed E-state index contributed by atoms with van der Waals surface area (Å²) in [6.07, 6.45) is 1.49. The third-order valence-electron chi connectivity index (χ3n) is 3.77. The maximum Gasteiger partial charge on any atom is 0.337 e. The molecule has 1 amide bonds. The number of para-hydroxylation sites is 1. The topological polar surface area (TPSA) is 95.7 Å². The van der Waals surface area contributed by atoms with Crippen molar-refractivity contribution in [3.63, 3.8) is 0 Å². The van der Waals surface area contributed by atoms with Gasteiger partial charge in [0, 0.05) is 26.1 Å². The number of nitrogens with one attached hydrogen (secondary N) is 1. The van der Waals surface area contributed by atoms with Crippen molar-refractivity contribution in [1.82, 2.24) is 5.32 Å². The number of aromatic carboxylic acids is 1. The molecule has 20 heavy (non-hydrogen) atoms. The minimum Gasteiger partial charge on any atom is -0.478 e. The van der Waals surface area contributed by atoms with E-state index in [2.05, 4.69) is 5.32 Å². The Balaban J connectivity index is 2.13. The SMILES string of the molecule is CNC(=O)C1CCN(c2cccc(C(=O)O)c2N)CC1. The first-order valence-corrected chi connectivity index (χ1v) is 6.63. The number of rotatable bonds is 3. The molecule has 108 valence electrons. The number of carboxylic acid groups (broad SMARTS) is 1. The van der Waals surface area contributed by atoms with E-state index in [0.717, 1.165) is 18.5 Å². The maximum atomic E-state index is 11.6. The number of piperidine rings is 1. The zero-order valence-electron chi connectivity index (χ0n) is 11.4. The summed E-state index contributed by atoms with van der Waals surface area (Å²) in [4.78, 5) is 24.7. The van der Waals surface area contributed by atoms with Crippen molar-refractivity contribution in [3.8, 4) is 0 Å². The normalized spacial score (nSPS) is 15.9. The zero-order valence-corrected chi connectivity index (χ0v) is 11.4. The molecule has 2 rings (SSSR count). The lowest BCUT2D eigenvalue weighted by Gasteiger charge is -2.33. The van der Waals surface area contributed by atoms with Crippen LogP contribution in [0.3, 0.4) is 0 Å². The van der Waals surface area contributed by atoms with Gasteiger partial charge in [-0.2, -0.15) is 0 Å². The molecule has 0 aliphatic carbocycles. The zero-order chi connectivity index (χ0) is 14.7. The van der Waals surface area contributed by atoms with E-state index in [1.165, 1.54) is 6.07 Å². The number of amides is 1. The monoisotopic (exact) mass is 277 g/mol. The van der Waals surface area contributed by atoms with Crippen LogP contribution < -0.4 is 16.0 Å². The van der Waals surface area contributed by atoms with Gasteiger partial charge in [-0.15, -0.1) is 0 Å². The Morgan fingerprint density at radius 3 is 2.55 bits per heavy atom. The quantitative estimate of drug-likeness (QED) is 0.714. The lowest BCUT2D eigenvalue weighted by atomic mass is 9.95. The number of carbonyl (C=O) groups excluding carboxylic acids is 1. The third-order valence-corrected chi connectivity index (χ3v) is 3.77. The second-order valence-corrected chi connectivity index (χ2v) is 4.92. The summed E-state index contributed by atoms with van der Waals surface area (Å²) in [7, 11) is 1.64. The molecule has 1 aromatic rings. The second-order valence-electron chi connectivity index (χ2n) is 4.92. The van der Waals surface area contributed by atoms with Gasteiger partial charge in [0.2, 0.25) is 5.91 Å². The molecule has 0 unspecified atom stereocenters. The van der Waals surface area contributed by atoms with Gasteiger partial charge in [0.25, 0.3) is 0 Å². The number of hydrogen-bond donors (Lipinski definition) is 3. The lowest BCUT2D eigenvalue weighted by molar-refractivity contribution is -0.125. The summed E-state index contributed by atoms with van der Waals surface area (Å²) in [5.74, 6) is -0.929. The minimum absolute atomic E-state index is 0.0279. The van der Waals surface area contributed by atoms with Crippen LogP contribution in [0.15, 0.2) is 18.2 Å². The Hall–Kier alpha value is -2.24. The van der Waals surface area contributed by atoms with Gasteiger partial charge in [0.05, 0.1) is 16.9 Å². The highest BCUT2D eigenvalue weighted by Crippen LogP contribution is 2.30. The van der Waals surface area contributed by atoms with Crippen LogP contribution in [0.4, 0.5) is 11.4 Å². The Kier molecular flexibility index (Phi) is 4.12. The molecule has 0 bridgehead atoms. The Bertz CT molecular complexity index is 522. The first-order valence-electron chi connectivity index (χ1n) is 6.63. The van der Waals surface area contributed by atoms with Crippen LogP contribution in [-0.4, -0.2) is 37.1 Å². The molecule has 1 fully saturated rings. The average molecular weight is 277 g/mol. The molecule has 1 saturated heterocycles. The molecule has 0 aromatic heterocycles. The molecule has 6 nitrogen and oxygen atoms in total. The molecule has 0 saturated carbocycles. The standard InChI is InChI=1S/C14H19N3O3/c1-16-13(18)9-5-7-17(8-6-9)11-4-2-3-10(12(11)15)14(19)20/h2-4,9H,5-8,15H2,1H3,(H,16,18)(H,19,20). The maximum absolute atomic E-state index is 11.6. The number of carbonyl (C=O) groups is 2. The summed E-state index contributed by atoms with van der Waals surface area (Å²) >= 11 is 0. The van der Waals surface area contributed by atoms with Gasteiger partial charge in [0.15, 0.2) is 0 Å². The number of carboxylic acids is 1. The van der Waals surface area contributed by atoms with Gasteiger partial charge < -0.3 is 21.1 Å². The van der Waals surface area contributed by atoms with Crippen LogP contribution in [0, 0.1) is 5.92 Å². The highest BCUT2D eigenvalue weighted by molar-refractivity contribution is 5.97. The van der Waals surface area contributed by atoms with Crippen LogP contribution in [0.1, 0.15) is 23.2 Å². The highest BCUT2D eigenvalue weighted by atomic mass is 16.4. The van der Waals surface area contributed by atoms with Crippen LogP contribution >= 0.6 is 0 Å². The van der Waals surface area contributed by atoms with E-state index in [4.69, 9.17) is 10.8 Å². The highest BCUT2D eigenvalue weighted by Gasteiger charge is 2.25. The average Bonchev–Trinajstić information content (AvgIpc) is 2.46. The predicted octanol–water partition coefficient (Wildman–Crippen LogP) is 0.929. The van der Waals surface area contributed by atoms with Crippen LogP contribution in [0.5, 0.6) is 0 Å². The van der Waals surface area contributed by atoms with E-state index in [1.807, 2.05) is 11.0 Å². The van der Waals surface area contributed by atoms with Gasteiger partial charge in [-0.3, -0.25) is 4.79 Å². The van der Waals surface area contributed by atoms with Crippen molar-refractivity contribution >= 4 is 23.3 Å². The third kappa shape index (κ3) is 2.68. The van der Waals surface area contributed by atoms with E-state index in [-0.39, 0.29) is 17.4 Å². The van der Waals surface area contributed by atoms with Crippen LogP contribution in [0.2, 0.25) is 0 Å². The molecule has 1 aliphatic rings. The minimum atomic E-state index is -1.02. The number of nitrogens with two attached hydrogens (primary N) is 1. The smallest absolute Gasteiger partial charge is 0.337 e. The van der Waals surface area contributed by atoms with Crippen molar-refractivity contribution in [2.45, 2.75) is 12.8 Å². The summed E-state index contributed by atoms with van der Waals surface area (Å²) < 4.78 is 0. The van der Waals surface area contributed by atoms with Crippen molar-refractivity contribution in [2.24, 2.45) is 5.92 Å². The Morgan fingerprint density at radius 1 is 1.35 bits per heavy atom. The van der Waals surface area contributed by atoms with Crippen molar-refractivity contribution in [1.29, 1.82) is 0 Å². The van der Waals surface area contributed by atoms with Gasteiger partial charge in [-0.05, 0) is 25.0 Å². The van der Waals surface area contributed by atoms with Crippen molar-refractivity contribution < 1.29 is 14.7 Å². The first-order chi connectivity index (χ1) is 9.54. The van der Waals surface area contributed by atoms with E-state index < -0.39 is 5.97 Å². The molecule has 1 heterocycles. The summed E-state index contributed by atoms with van der Waals surface area (Å²) in [5.41, 5.74) is 7.08. The molecule has 0 radical (unpaired) electrons. The van der Waals surface area contributed by atoms with E-state index in [1.54, 1.807) is 13.1 Å². The molecular formula is C14H19N3O3. The lowest BCUT2D eigenvalue weighted by Crippen LogP contribution is -2.39. The van der Waals surface area contributed by atoms with E-state index in [9.17, 15) is 9.59 Å². The van der Waals surface area contributed by atoms with E-state index >= 15 is 0 Å². The van der Waals surface area contributed by atoms with E-state index in [0.29, 0.717) is 18.8 Å². The molecular weight excluding hydrogens is 258 g/mol. The van der Waals surface area contributed by atoms with Crippen molar-refractivity contribution in [3.05, 3.63) is 23.8 Å². The molecule has 0 spiro atoms. The molecule has 0 atom stereocenters. The molecule has 4 N–H and O–H groups in total. The number of benzene rings is 1. The van der Waals surface area contributed by atoms with Gasteiger partial charge in [-0.1, -0.05) is 6.07 Å². The summed E-state index contributed by atoms with van der Waals surface area (Å²) in [6, 6.07) is 5.01. The fourth-order valence-corrected chi connectivity index (χ4v) is 2.60. The van der Waals surface area contributed by atoms with Gasteiger partial charge in [0.1, 0.15) is 0 Å². The molecule has 1 aliphatic heterocycles. The number of anilines is 2. The first kappa shape index (κ1) is 14.2. The Labute approximate surface area is 117 Å². The van der Waals surface area contributed by atoms with Crippen LogP contribution in [-0.2, 0) is 4.79 Å². The fraction of sp³-hybridized carbons (Fsp3) is 0.429. The molecule has 6 heteroatoms. The fourth-order valence-electron chi connectivity index (χ4n) is 2.60. The number of nitrogen functional groups attached to an aromatic ring is 1. The van der Waals surface area contributed by atoms with Crippen LogP contribution in [0.25, 0.3) is 0 Å². The number of hydrogen-bond acceptors (Lipinski definition) is 4. The van der Waals surface area contributed by atoms with Gasteiger partial charge >= 0.3 is 5.97 Å². The van der Waals surface area contributed by atoms with Gasteiger partial charge in [-0.25, -0.2) is 4.79 Å². The van der Waals surface area contributed by atoms with Crippen molar-refractivity contribution in [2.75, 3.05) is 30.8 Å². The largest absolute Gasteiger partial charge is 0.478 e. The predicted molar refractivity (Wildman–Crippen MR) is 76.8 cm³/mol. The molecule has 1 aromatic carbocycles. The number of nitrogens with zero attached hydrogens (tertiary/aromatic N) is 1. The summed E-state index contributed by atoms with van der Waals surface area (Å²) in [5, 5.41) is 11.7.